The molecule has 0 amide bonds. The molecule has 0 aromatic rings. The minimum Gasteiger partial charge on any atom is -0.355 e. The second kappa shape index (κ2) is 5.56. The van der Waals surface area contributed by atoms with E-state index in [2.05, 4.69) is 6.92 Å². The SMILES string of the molecule is CCCCCC1CCOCO1. The van der Waals surface area contributed by atoms with Crippen LogP contribution in [0.15, 0.2) is 0 Å². The predicted octanol–water partition coefficient (Wildman–Crippen LogP) is 2.33. The lowest BCUT2D eigenvalue weighted by atomic mass is 10.1. The summed E-state index contributed by atoms with van der Waals surface area (Å²) in [6, 6.07) is 0. The van der Waals surface area contributed by atoms with Gasteiger partial charge in [-0.05, 0) is 12.8 Å². The van der Waals surface area contributed by atoms with Crippen molar-refractivity contribution in [3.63, 3.8) is 0 Å². The minimum atomic E-state index is 0.482. The Bertz CT molecular complexity index is 87.6. The fourth-order valence-corrected chi connectivity index (χ4v) is 1.35. The molecule has 0 aromatic carbocycles. The van der Waals surface area contributed by atoms with Crippen LogP contribution in [-0.2, 0) is 9.47 Å². The molecule has 66 valence electrons. The molecular formula is C9H18O2. The highest BCUT2D eigenvalue weighted by molar-refractivity contribution is 4.59. The third kappa shape index (κ3) is 3.73. The zero-order chi connectivity index (χ0) is 7.94. The van der Waals surface area contributed by atoms with Gasteiger partial charge in [-0.25, -0.2) is 0 Å². The van der Waals surface area contributed by atoms with Crippen LogP contribution in [0, 0.1) is 0 Å². The summed E-state index contributed by atoms with van der Waals surface area (Å²) in [7, 11) is 0. The topological polar surface area (TPSA) is 18.5 Å². The Morgan fingerprint density at radius 2 is 2.27 bits per heavy atom. The molecule has 1 aliphatic rings. The summed E-state index contributed by atoms with van der Waals surface area (Å²) in [5, 5.41) is 0. The molecule has 2 heteroatoms. The van der Waals surface area contributed by atoms with Gasteiger partial charge in [0.1, 0.15) is 6.79 Å². The van der Waals surface area contributed by atoms with Gasteiger partial charge in [0.05, 0.1) is 12.7 Å². The van der Waals surface area contributed by atoms with Gasteiger partial charge < -0.3 is 9.47 Å². The second-order valence-corrected chi connectivity index (χ2v) is 3.10. The van der Waals surface area contributed by atoms with Crippen molar-refractivity contribution in [1.82, 2.24) is 0 Å². The second-order valence-electron chi connectivity index (χ2n) is 3.10. The number of ether oxygens (including phenoxy) is 2. The molecule has 1 saturated heterocycles. The van der Waals surface area contributed by atoms with E-state index in [0.29, 0.717) is 12.9 Å². The van der Waals surface area contributed by atoms with E-state index in [-0.39, 0.29) is 0 Å². The molecule has 1 aliphatic heterocycles. The molecule has 0 bridgehead atoms. The van der Waals surface area contributed by atoms with Crippen molar-refractivity contribution in [3.8, 4) is 0 Å². The van der Waals surface area contributed by atoms with E-state index in [1.165, 1.54) is 25.7 Å². The van der Waals surface area contributed by atoms with Crippen molar-refractivity contribution in [3.05, 3.63) is 0 Å². The van der Waals surface area contributed by atoms with E-state index < -0.39 is 0 Å². The summed E-state index contributed by atoms with van der Waals surface area (Å²) < 4.78 is 10.5. The molecule has 0 aliphatic carbocycles. The van der Waals surface area contributed by atoms with Gasteiger partial charge in [0.2, 0.25) is 0 Å². The standard InChI is InChI=1S/C9H18O2/c1-2-3-4-5-9-6-7-10-8-11-9/h9H,2-8H2,1H3. The van der Waals surface area contributed by atoms with Crippen LogP contribution in [-0.4, -0.2) is 19.5 Å². The summed E-state index contributed by atoms with van der Waals surface area (Å²) in [5.74, 6) is 0. The molecule has 1 unspecified atom stereocenters. The predicted molar refractivity (Wildman–Crippen MR) is 44.5 cm³/mol. The fourth-order valence-electron chi connectivity index (χ4n) is 1.35. The van der Waals surface area contributed by atoms with Gasteiger partial charge in [0.25, 0.3) is 0 Å². The Hall–Kier alpha value is -0.0800. The summed E-state index contributed by atoms with van der Waals surface area (Å²) in [6.45, 7) is 3.62. The van der Waals surface area contributed by atoms with Gasteiger partial charge in [0, 0.05) is 0 Å². The van der Waals surface area contributed by atoms with Crippen molar-refractivity contribution in [2.45, 2.75) is 45.1 Å². The van der Waals surface area contributed by atoms with Gasteiger partial charge in [-0.15, -0.1) is 0 Å². The first-order valence-electron chi connectivity index (χ1n) is 4.63. The third-order valence-corrected chi connectivity index (χ3v) is 2.10. The molecule has 1 rings (SSSR count). The normalized spacial score (nSPS) is 25.4. The van der Waals surface area contributed by atoms with Crippen LogP contribution in [0.5, 0.6) is 0 Å². The smallest absolute Gasteiger partial charge is 0.147 e. The van der Waals surface area contributed by atoms with E-state index in [0.717, 1.165) is 13.0 Å². The van der Waals surface area contributed by atoms with Gasteiger partial charge >= 0.3 is 0 Å². The summed E-state index contributed by atoms with van der Waals surface area (Å²) >= 11 is 0. The Morgan fingerprint density at radius 3 is 2.91 bits per heavy atom. The molecule has 0 aromatic heterocycles. The summed E-state index contributed by atoms with van der Waals surface area (Å²) in [6.07, 6.45) is 6.72. The number of unbranched alkanes of at least 4 members (excludes halogenated alkanes) is 2. The Balaban J connectivity index is 1.96. The number of rotatable bonds is 4. The molecule has 11 heavy (non-hydrogen) atoms. The Morgan fingerprint density at radius 1 is 1.36 bits per heavy atom. The fraction of sp³-hybridized carbons (Fsp3) is 1.00. The zero-order valence-electron chi connectivity index (χ0n) is 7.34. The lowest BCUT2D eigenvalue weighted by Gasteiger charge is -2.22. The van der Waals surface area contributed by atoms with Gasteiger partial charge in [-0.2, -0.15) is 0 Å². The van der Waals surface area contributed by atoms with E-state index in [1.54, 1.807) is 0 Å². The highest BCUT2D eigenvalue weighted by Crippen LogP contribution is 2.13. The molecular weight excluding hydrogens is 140 g/mol. The van der Waals surface area contributed by atoms with Gasteiger partial charge in [0.15, 0.2) is 0 Å². The van der Waals surface area contributed by atoms with Crippen molar-refractivity contribution >= 4 is 0 Å². The van der Waals surface area contributed by atoms with Crippen LogP contribution in [0.2, 0.25) is 0 Å². The average molecular weight is 158 g/mol. The first-order chi connectivity index (χ1) is 5.43. The molecule has 2 nitrogen and oxygen atoms in total. The summed E-state index contributed by atoms with van der Waals surface area (Å²) in [4.78, 5) is 0. The van der Waals surface area contributed by atoms with Crippen molar-refractivity contribution in [2.24, 2.45) is 0 Å². The third-order valence-electron chi connectivity index (χ3n) is 2.10. The number of hydrogen-bond donors (Lipinski definition) is 0. The Kier molecular flexibility index (Phi) is 4.55. The van der Waals surface area contributed by atoms with Crippen LogP contribution in [0.4, 0.5) is 0 Å². The maximum Gasteiger partial charge on any atom is 0.147 e. The molecule has 1 atom stereocenters. The highest BCUT2D eigenvalue weighted by atomic mass is 16.7. The molecule has 1 heterocycles. The largest absolute Gasteiger partial charge is 0.355 e. The van der Waals surface area contributed by atoms with Gasteiger partial charge in [-0.1, -0.05) is 26.2 Å². The van der Waals surface area contributed by atoms with E-state index in [1.807, 2.05) is 0 Å². The van der Waals surface area contributed by atoms with Crippen molar-refractivity contribution in [1.29, 1.82) is 0 Å². The first kappa shape index (κ1) is 9.01. The van der Waals surface area contributed by atoms with Crippen LogP contribution in [0.25, 0.3) is 0 Å². The maximum atomic E-state index is 5.40. The quantitative estimate of drug-likeness (QED) is 0.585. The summed E-state index contributed by atoms with van der Waals surface area (Å²) in [5.41, 5.74) is 0. The van der Waals surface area contributed by atoms with Crippen molar-refractivity contribution < 1.29 is 9.47 Å². The number of hydrogen-bond acceptors (Lipinski definition) is 2. The van der Waals surface area contributed by atoms with Crippen molar-refractivity contribution in [2.75, 3.05) is 13.4 Å². The lowest BCUT2D eigenvalue weighted by molar-refractivity contribution is -0.140. The molecule has 0 spiro atoms. The lowest BCUT2D eigenvalue weighted by Crippen LogP contribution is -2.23. The molecule has 0 saturated carbocycles. The molecule has 1 fully saturated rings. The maximum absolute atomic E-state index is 5.40. The van der Waals surface area contributed by atoms with Gasteiger partial charge in [-0.3, -0.25) is 0 Å². The van der Waals surface area contributed by atoms with E-state index >= 15 is 0 Å². The van der Waals surface area contributed by atoms with Crippen LogP contribution >= 0.6 is 0 Å². The van der Waals surface area contributed by atoms with Crippen LogP contribution < -0.4 is 0 Å². The molecule has 0 radical (unpaired) electrons. The molecule has 0 N–H and O–H groups in total. The van der Waals surface area contributed by atoms with E-state index in [9.17, 15) is 0 Å². The van der Waals surface area contributed by atoms with Crippen LogP contribution in [0.1, 0.15) is 39.0 Å². The highest BCUT2D eigenvalue weighted by Gasteiger charge is 2.12. The Labute approximate surface area is 68.9 Å². The zero-order valence-corrected chi connectivity index (χ0v) is 7.34. The minimum absolute atomic E-state index is 0.482. The average Bonchev–Trinajstić information content (AvgIpc) is 2.07. The first-order valence-corrected chi connectivity index (χ1v) is 4.63. The van der Waals surface area contributed by atoms with E-state index in [4.69, 9.17) is 9.47 Å². The monoisotopic (exact) mass is 158 g/mol. The van der Waals surface area contributed by atoms with Crippen LogP contribution in [0.3, 0.4) is 0 Å².